The smallest absolute Gasteiger partial charge is 0.263 e. The summed E-state index contributed by atoms with van der Waals surface area (Å²) in [6.07, 6.45) is 0. The van der Waals surface area contributed by atoms with E-state index in [0.29, 0.717) is 5.89 Å². The molecule has 1 heterocycles. The molecule has 0 aliphatic heterocycles. The fraction of sp³-hybridized carbons (Fsp3) is 0.571. The summed E-state index contributed by atoms with van der Waals surface area (Å²) < 4.78 is 4.83. The minimum absolute atomic E-state index is 0.293. The molecule has 0 aromatic carbocycles. The first-order chi connectivity index (χ1) is 5.41. The van der Waals surface area contributed by atoms with E-state index >= 15 is 0 Å². The van der Waals surface area contributed by atoms with E-state index in [0.717, 1.165) is 0 Å². The molecule has 1 aromatic heterocycles. The monoisotopic (exact) mass is 169 g/mol. The van der Waals surface area contributed by atoms with E-state index in [1.54, 1.807) is 0 Å². The molecule has 0 bridgehead atoms. The van der Waals surface area contributed by atoms with Gasteiger partial charge in [-0.3, -0.25) is 0 Å². The molecule has 0 atom stereocenters. The first-order valence-corrected chi connectivity index (χ1v) is 3.46. The minimum Gasteiger partial charge on any atom is -0.540 e. The lowest BCUT2D eigenvalue weighted by atomic mass is 9.97. The van der Waals surface area contributed by atoms with Gasteiger partial charge in [-0.05, 0) is 0 Å². The molecule has 0 unspecified atom stereocenters. The highest BCUT2D eigenvalue weighted by atomic mass is 16.4. The number of carboxylic acids is 1. The van der Waals surface area contributed by atoms with Crippen LogP contribution in [-0.4, -0.2) is 16.2 Å². The van der Waals surface area contributed by atoms with Crippen LogP contribution in [0.1, 0.15) is 37.3 Å². The van der Waals surface area contributed by atoms with Crippen LogP contribution in [0.3, 0.4) is 0 Å². The zero-order valence-corrected chi connectivity index (χ0v) is 7.12. The Morgan fingerprint density at radius 1 is 1.42 bits per heavy atom. The third-order valence-electron chi connectivity index (χ3n) is 1.24. The van der Waals surface area contributed by atoms with E-state index in [4.69, 9.17) is 4.42 Å². The molecule has 0 saturated carbocycles. The fourth-order valence-corrected chi connectivity index (χ4v) is 0.609. The molecule has 1 aromatic rings. The van der Waals surface area contributed by atoms with Crippen LogP contribution in [0.5, 0.6) is 0 Å². The summed E-state index contributed by atoms with van der Waals surface area (Å²) >= 11 is 0. The second-order valence-corrected chi connectivity index (χ2v) is 3.45. The number of nitrogens with zero attached hydrogens (tertiary/aromatic N) is 2. The molecule has 1 rings (SSSR count). The molecular weight excluding hydrogens is 160 g/mol. The van der Waals surface area contributed by atoms with Gasteiger partial charge >= 0.3 is 0 Å². The van der Waals surface area contributed by atoms with Gasteiger partial charge in [0, 0.05) is 5.41 Å². The maximum Gasteiger partial charge on any atom is 0.263 e. The molecule has 0 N–H and O–H groups in total. The zero-order valence-electron chi connectivity index (χ0n) is 7.12. The van der Waals surface area contributed by atoms with Crippen molar-refractivity contribution in [3.63, 3.8) is 0 Å². The molecular formula is C7H9N2O3-. The largest absolute Gasteiger partial charge is 0.540 e. The Kier molecular flexibility index (Phi) is 1.87. The summed E-state index contributed by atoms with van der Waals surface area (Å²) in [5.74, 6) is -1.63. The fourth-order valence-electron chi connectivity index (χ4n) is 0.609. The molecule has 0 amide bonds. The van der Waals surface area contributed by atoms with Crippen LogP contribution in [0, 0.1) is 0 Å². The van der Waals surface area contributed by atoms with E-state index in [1.807, 2.05) is 20.8 Å². The van der Waals surface area contributed by atoms with Crippen LogP contribution >= 0.6 is 0 Å². The Bertz CT molecular complexity index is 298. The number of aromatic carboxylic acids is 1. The minimum atomic E-state index is -1.45. The highest BCUT2D eigenvalue weighted by Crippen LogP contribution is 2.19. The number of hydrogen-bond donors (Lipinski definition) is 0. The average Bonchev–Trinajstić information content (AvgIpc) is 2.30. The van der Waals surface area contributed by atoms with Gasteiger partial charge < -0.3 is 14.3 Å². The van der Waals surface area contributed by atoms with Gasteiger partial charge in [-0.2, -0.15) is 0 Å². The van der Waals surface area contributed by atoms with Gasteiger partial charge in [-0.25, -0.2) is 0 Å². The van der Waals surface area contributed by atoms with Gasteiger partial charge in [0.1, 0.15) is 5.97 Å². The predicted octanol–water partition coefficient (Wildman–Crippen LogP) is -0.269. The van der Waals surface area contributed by atoms with Gasteiger partial charge in [0.25, 0.3) is 5.89 Å². The predicted molar refractivity (Wildman–Crippen MR) is 37.3 cm³/mol. The van der Waals surface area contributed by atoms with Crippen LogP contribution in [0.15, 0.2) is 4.42 Å². The van der Waals surface area contributed by atoms with Crippen LogP contribution in [0.25, 0.3) is 0 Å². The van der Waals surface area contributed by atoms with Crippen molar-refractivity contribution in [3.8, 4) is 0 Å². The summed E-state index contributed by atoms with van der Waals surface area (Å²) in [5.41, 5.74) is -0.333. The SMILES string of the molecule is CC(C)(C)c1nnc(C(=O)[O-])o1. The highest BCUT2D eigenvalue weighted by molar-refractivity contribution is 5.79. The summed E-state index contributed by atoms with van der Waals surface area (Å²) in [6, 6.07) is 0. The van der Waals surface area contributed by atoms with Crippen molar-refractivity contribution in [2.75, 3.05) is 0 Å². The van der Waals surface area contributed by atoms with Crippen molar-refractivity contribution >= 4 is 5.97 Å². The molecule has 0 spiro atoms. The Labute approximate surface area is 69.4 Å². The Hall–Kier alpha value is -1.39. The summed E-state index contributed by atoms with van der Waals surface area (Å²) in [7, 11) is 0. The first-order valence-electron chi connectivity index (χ1n) is 3.46. The van der Waals surface area contributed by atoms with Crippen LogP contribution < -0.4 is 5.11 Å². The highest BCUT2D eigenvalue weighted by Gasteiger charge is 2.21. The Morgan fingerprint density at radius 2 is 2.00 bits per heavy atom. The van der Waals surface area contributed by atoms with E-state index in [-0.39, 0.29) is 5.41 Å². The summed E-state index contributed by atoms with van der Waals surface area (Å²) in [4.78, 5) is 10.2. The second-order valence-electron chi connectivity index (χ2n) is 3.45. The lowest BCUT2D eigenvalue weighted by Crippen LogP contribution is -2.22. The quantitative estimate of drug-likeness (QED) is 0.578. The van der Waals surface area contributed by atoms with Crippen molar-refractivity contribution in [3.05, 3.63) is 11.8 Å². The Balaban J connectivity index is 3.00. The summed E-state index contributed by atoms with van der Waals surface area (Å²) in [5, 5.41) is 17.1. The van der Waals surface area contributed by atoms with Crippen molar-refractivity contribution in [1.82, 2.24) is 10.2 Å². The van der Waals surface area contributed by atoms with Gasteiger partial charge in [0.05, 0.1) is 0 Å². The summed E-state index contributed by atoms with van der Waals surface area (Å²) in [6.45, 7) is 5.54. The molecule has 0 radical (unpaired) electrons. The maximum atomic E-state index is 10.2. The maximum absolute atomic E-state index is 10.2. The third-order valence-corrected chi connectivity index (χ3v) is 1.24. The lowest BCUT2D eigenvalue weighted by Gasteiger charge is -2.10. The molecule has 12 heavy (non-hydrogen) atoms. The van der Waals surface area contributed by atoms with Gasteiger partial charge in [-0.15, -0.1) is 10.2 Å². The van der Waals surface area contributed by atoms with Gasteiger partial charge in [0.2, 0.25) is 5.89 Å². The van der Waals surface area contributed by atoms with Crippen LogP contribution in [0.2, 0.25) is 0 Å². The van der Waals surface area contributed by atoms with E-state index in [1.165, 1.54) is 0 Å². The Morgan fingerprint density at radius 3 is 2.25 bits per heavy atom. The van der Waals surface area contributed by atoms with E-state index < -0.39 is 11.9 Å². The van der Waals surface area contributed by atoms with Crippen molar-refractivity contribution in [2.45, 2.75) is 26.2 Å². The lowest BCUT2D eigenvalue weighted by molar-refractivity contribution is -0.257. The second kappa shape index (κ2) is 2.58. The number of carbonyl (C=O) groups excluding carboxylic acids is 1. The van der Waals surface area contributed by atoms with Crippen molar-refractivity contribution in [1.29, 1.82) is 0 Å². The molecule has 0 fully saturated rings. The van der Waals surface area contributed by atoms with Gasteiger partial charge in [0.15, 0.2) is 0 Å². The van der Waals surface area contributed by atoms with E-state index in [9.17, 15) is 9.90 Å². The van der Waals surface area contributed by atoms with Crippen LogP contribution in [0.4, 0.5) is 0 Å². The number of rotatable bonds is 1. The topological polar surface area (TPSA) is 79.0 Å². The van der Waals surface area contributed by atoms with Gasteiger partial charge in [-0.1, -0.05) is 20.8 Å². The molecule has 0 aliphatic rings. The molecule has 5 heteroatoms. The molecule has 0 aliphatic carbocycles. The normalized spacial score (nSPS) is 11.6. The average molecular weight is 169 g/mol. The van der Waals surface area contributed by atoms with Crippen LogP contribution in [-0.2, 0) is 5.41 Å². The number of carbonyl (C=O) groups is 1. The number of hydrogen-bond acceptors (Lipinski definition) is 5. The zero-order chi connectivity index (χ0) is 9.35. The first kappa shape index (κ1) is 8.70. The molecule has 66 valence electrons. The molecule has 5 nitrogen and oxygen atoms in total. The number of aromatic nitrogens is 2. The van der Waals surface area contributed by atoms with Crippen molar-refractivity contribution in [2.24, 2.45) is 0 Å². The standard InChI is InChI=1S/C7H10N2O3/c1-7(2,3)6-9-8-4(12-6)5(10)11/h1-3H3,(H,10,11)/p-1. The van der Waals surface area contributed by atoms with E-state index in [2.05, 4.69) is 10.2 Å². The molecule has 0 saturated heterocycles. The number of carboxylic acid groups (broad SMARTS) is 1. The van der Waals surface area contributed by atoms with Crippen molar-refractivity contribution < 1.29 is 14.3 Å². The third kappa shape index (κ3) is 1.61.